The van der Waals surface area contributed by atoms with Gasteiger partial charge >= 0.3 is 0 Å². The van der Waals surface area contributed by atoms with E-state index in [1.54, 1.807) is 71.8 Å². The van der Waals surface area contributed by atoms with Crippen molar-refractivity contribution in [2.24, 2.45) is 11.8 Å². The van der Waals surface area contributed by atoms with Crippen LogP contribution in [0, 0.1) is 17.7 Å². The van der Waals surface area contributed by atoms with E-state index in [-0.39, 0.29) is 17.3 Å². The maximum Gasteiger partial charge on any atom is 0.240 e. The third-order valence-electron chi connectivity index (χ3n) is 7.64. The van der Waals surface area contributed by atoms with Crippen LogP contribution in [0.25, 0.3) is 0 Å². The van der Waals surface area contributed by atoms with Gasteiger partial charge in [-0.2, -0.15) is 0 Å². The van der Waals surface area contributed by atoms with Gasteiger partial charge in [-0.15, -0.1) is 0 Å². The number of ketones is 2. The number of ether oxygens (including phenoxy) is 1. The van der Waals surface area contributed by atoms with Gasteiger partial charge < -0.3 is 9.64 Å². The standard InChI is InChI=1S/C31H22BrFN2O5/c1-40-24-12-11-18(15-20(24)32)29(37)27-26-25(30(38)35(31(26)39)22-10-6-5-9-21(22)33)23-16-19(13-14-34(23)27)28(36)17-7-3-2-4-8-17/h2-16,23,25-27H,1H3. The lowest BCUT2D eigenvalue weighted by Gasteiger charge is -2.33. The number of carbonyl (C=O) groups is 4. The molecule has 40 heavy (non-hydrogen) atoms. The summed E-state index contributed by atoms with van der Waals surface area (Å²) in [6, 6.07) is 17.3. The molecule has 3 aromatic rings. The average Bonchev–Trinajstić information content (AvgIpc) is 3.44. The quantitative estimate of drug-likeness (QED) is 0.293. The average molecular weight is 601 g/mol. The van der Waals surface area contributed by atoms with Gasteiger partial charge in [0.25, 0.3) is 0 Å². The highest BCUT2D eigenvalue weighted by Gasteiger charge is 2.63. The molecule has 0 N–H and O–H groups in total. The van der Waals surface area contributed by atoms with Gasteiger partial charge in [0, 0.05) is 22.9 Å². The molecule has 0 aliphatic carbocycles. The number of allylic oxidation sites excluding steroid dienone is 2. The summed E-state index contributed by atoms with van der Waals surface area (Å²) in [6.45, 7) is 0. The number of rotatable bonds is 6. The predicted molar refractivity (Wildman–Crippen MR) is 148 cm³/mol. The zero-order chi connectivity index (χ0) is 28.1. The molecular weight excluding hydrogens is 579 g/mol. The van der Waals surface area contributed by atoms with E-state index in [0.29, 0.717) is 26.9 Å². The van der Waals surface area contributed by atoms with Gasteiger partial charge in [0.2, 0.25) is 11.8 Å². The summed E-state index contributed by atoms with van der Waals surface area (Å²) in [5.74, 6) is -4.16. The second kappa shape index (κ2) is 9.98. The first-order chi connectivity index (χ1) is 19.3. The molecule has 3 aliphatic heterocycles. The van der Waals surface area contributed by atoms with Crippen molar-refractivity contribution >= 4 is 45.0 Å². The minimum absolute atomic E-state index is 0.159. The largest absolute Gasteiger partial charge is 0.496 e. The molecule has 3 heterocycles. The summed E-state index contributed by atoms with van der Waals surface area (Å²) in [7, 11) is 1.51. The van der Waals surface area contributed by atoms with E-state index in [9.17, 15) is 23.6 Å². The lowest BCUT2D eigenvalue weighted by molar-refractivity contribution is -0.123. The van der Waals surface area contributed by atoms with E-state index in [1.165, 1.54) is 31.4 Å². The number of nitrogens with zero attached hydrogens (tertiary/aromatic N) is 2. The zero-order valence-corrected chi connectivity index (χ0v) is 22.7. The highest BCUT2D eigenvalue weighted by molar-refractivity contribution is 9.10. The van der Waals surface area contributed by atoms with E-state index in [2.05, 4.69) is 15.9 Å². The number of hydrogen-bond donors (Lipinski definition) is 0. The third kappa shape index (κ3) is 4.00. The number of para-hydroxylation sites is 1. The van der Waals surface area contributed by atoms with E-state index in [1.807, 2.05) is 0 Å². The molecule has 2 amide bonds. The number of amides is 2. The van der Waals surface area contributed by atoms with Gasteiger partial charge in [0.15, 0.2) is 11.6 Å². The monoisotopic (exact) mass is 600 g/mol. The molecule has 6 rings (SSSR count). The van der Waals surface area contributed by atoms with Crippen LogP contribution in [-0.2, 0) is 9.59 Å². The Hall–Kier alpha value is -4.37. The van der Waals surface area contributed by atoms with Crippen LogP contribution in [0.3, 0.4) is 0 Å². The SMILES string of the molecule is COc1ccc(C(=O)C2C3C(=O)N(c4ccccc4F)C(=O)C3C3C=C(C(=O)c4ccccc4)C=CN32)cc1Br. The number of methoxy groups -OCH3 is 1. The molecule has 4 atom stereocenters. The Morgan fingerprint density at radius 3 is 2.30 bits per heavy atom. The molecule has 0 saturated carbocycles. The second-order valence-electron chi connectivity index (χ2n) is 9.74. The lowest BCUT2D eigenvalue weighted by Crippen LogP contribution is -2.46. The van der Waals surface area contributed by atoms with Gasteiger partial charge in [-0.3, -0.25) is 19.2 Å². The first-order valence-electron chi connectivity index (χ1n) is 12.6. The molecule has 7 nitrogen and oxygen atoms in total. The first-order valence-corrected chi connectivity index (χ1v) is 13.4. The molecule has 9 heteroatoms. The van der Waals surface area contributed by atoms with Crippen molar-refractivity contribution in [1.82, 2.24) is 4.90 Å². The van der Waals surface area contributed by atoms with Crippen LogP contribution in [0.1, 0.15) is 20.7 Å². The normalized spacial score (nSPS) is 23.1. The summed E-state index contributed by atoms with van der Waals surface area (Å²) in [5, 5.41) is 0. The summed E-state index contributed by atoms with van der Waals surface area (Å²) in [4.78, 5) is 57.5. The highest BCUT2D eigenvalue weighted by atomic mass is 79.9. The number of benzene rings is 3. The van der Waals surface area contributed by atoms with Crippen LogP contribution < -0.4 is 9.64 Å². The maximum atomic E-state index is 14.8. The molecule has 3 aromatic carbocycles. The fraction of sp³-hybridized carbons (Fsp3) is 0.161. The van der Waals surface area contributed by atoms with Gasteiger partial charge in [-0.05, 0) is 52.3 Å². The van der Waals surface area contributed by atoms with Crippen molar-refractivity contribution in [1.29, 1.82) is 0 Å². The molecular formula is C31H22BrFN2O5. The lowest BCUT2D eigenvalue weighted by atomic mass is 9.85. The van der Waals surface area contributed by atoms with Crippen LogP contribution in [0.4, 0.5) is 10.1 Å². The number of carbonyl (C=O) groups excluding carboxylic acids is 4. The van der Waals surface area contributed by atoms with Crippen molar-refractivity contribution in [3.05, 3.63) is 118 Å². The number of fused-ring (bicyclic) bond motifs is 3. The van der Waals surface area contributed by atoms with Gasteiger partial charge in [0.05, 0.1) is 35.1 Å². The van der Waals surface area contributed by atoms with Gasteiger partial charge in [-0.1, -0.05) is 48.5 Å². The molecule has 0 spiro atoms. The van der Waals surface area contributed by atoms with Crippen molar-refractivity contribution in [3.63, 3.8) is 0 Å². The smallest absolute Gasteiger partial charge is 0.240 e. The molecule has 4 unspecified atom stereocenters. The van der Waals surface area contributed by atoms with Crippen molar-refractivity contribution in [3.8, 4) is 5.75 Å². The van der Waals surface area contributed by atoms with E-state index >= 15 is 0 Å². The topological polar surface area (TPSA) is 84.0 Å². The molecule has 0 bridgehead atoms. The number of anilines is 1. The van der Waals surface area contributed by atoms with Crippen LogP contribution in [0.2, 0.25) is 0 Å². The van der Waals surface area contributed by atoms with Crippen molar-refractivity contribution in [2.75, 3.05) is 12.0 Å². The zero-order valence-electron chi connectivity index (χ0n) is 21.2. The molecule has 2 fully saturated rings. The Bertz CT molecular complexity index is 1640. The molecule has 3 aliphatic rings. The van der Waals surface area contributed by atoms with Crippen molar-refractivity contribution in [2.45, 2.75) is 12.1 Å². The van der Waals surface area contributed by atoms with Gasteiger partial charge in [-0.25, -0.2) is 9.29 Å². The van der Waals surface area contributed by atoms with Crippen LogP contribution in [-0.4, -0.2) is 47.5 Å². The minimum Gasteiger partial charge on any atom is -0.496 e. The van der Waals surface area contributed by atoms with Crippen LogP contribution in [0.15, 0.2) is 101 Å². The fourth-order valence-electron chi connectivity index (χ4n) is 5.81. The Balaban J connectivity index is 1.44. The number of imide groups is 1. The second-order valence-corrected chi connectivity index (χ2v) is 10.6. The van der Waals surface area contributed by atoms with E-state index < -0.39 is 41.6 Å². The fourth-order valence-corrected chi connectivity index (χ4v) is 6.36. The van der Waals surface area contributed by atoms with E-state index in [0.717, 1.165) is 4.90 Å². The van der Waals surface area contributed by atoms with Gasteiger partial charge in [0.1, 0.15) is 17.6 Å². The number of halogens is 2. The van der Waals surface area contributed by atoms with E-state index in [4.69, 9.17) is 4.74 Å². The Labute approximate surface area is 237 Å². The Kier molecular flexibility index (Phi) is 6.46. The minimum atomic E-state index is -1.09. The molecule has 0 aromatic heterocycles. The molecule has 200 valence electrons. The Morgan fingerprint density at radius 2 is 1.60 bits per heavy atom. The predicted octanol–water partition coefficient (Wildman–Crippen LogP) is 4.97. The summed E-state index contributed by atoms with van der Waals surface area (Å²) >= 11 is 3.40. The first kappa shape index (κ1) is 25.9. The van der Waals surface area contributed by atoms with Crippen LogP contribution in [0.5, 0.6) is 5.75 Å². The summed E-state index contributed by atoms with van der Waals surface area (Å²) in [5.41, 5.74) is 0.966. The maximum absolute atomic E-state index is 14.8. The van der Waals surface area contributed by atoms with Crippen LogP contribution >= 0.6 is 15.9 Å². The summed E-state index contributed by atoms with van der Waals surface area (Å²) in [6.07, 6.45) is 4.84. The molecule has 2 saturated heterocycles. The van der Waals surface area contributed by atoms with Crippen molar-refractivity contribution < 1.29 is 28.3 Å². The highest BCUT2D eigenvalue weighted by Crippen LogP contribution is 2.47. The Morgan fingerprint density at radius 1 is 0.900 bits per heavy atom. The number of Topliss-reactive ketones (excluding diaryl/α,β-unsaturated/α-hetero) is 2. The summed E-state index contributed by atoms with van der Waals surface area (Å²) < 4.78 is 20.6. The third-order valence-corrected chi connectivity index (χ3v) is 8.26. The number of hydrogen-bond acceptors (Lipinski definition) is 6. The molecule has 0 radical (unpaired) electrons.